The topological polar surface area (TPSA) is 36.4 Å². The van der Waals surface area contributed by atoms with Crippen molar-refractivity contribution in [1.82, 2.24) is 4.98 Å². The second-order valence-electron chi connectivity index (χ2n) is 5.10. The molecule has 3 heteroatoms. The highest BCUT2D eigenvalue weighted by atomic mass is 16.3. The molecule has 0 amide bonds. The molecule has 0 spiro atoms. The molecule has 2 rings (SSSR count). The molecule has 1 aromatic rings. The van der Waals surface area contributed by atoms with Gasteiger partial charge in [-0.05, 0) is 30.9 Å². The highest BCUT2D eigenvalue weighted by Gasteiger charge is 2.25. The number of aliphatic hydroxyl groups excluding tert-OH is 1. The normalized spacial score (nSPS) is 24.6. The van der Waals surface area contributed by atoms with E-state index in [1.54, 1.807) is 6.20 Å². The van der Waals surface area contributed by atoms with Crippen molar-refractivity contribution < 1.29 is 5.11 Å². The lowest BCUT2D eigenvalue weighted by Gasteiger charge is -2.37. The van der Waals surface area contributed by atoms with Gasteiger partial charge in [-0.3, -0.25) is 4.98 Å². The molecule has 94 valence electrons. The van der Waals surface area contributed by atoms with Crippen LogP contribution < -0.4 is 4.90 Å². The van der Waals surface area contributed by atoms with Crippen LogP contribution in [0.1, 0.15) is 38.3 Å². The standard InChI is InChI=1S/C14H22N2O/c1-11-5-3-4-6-14(11)16(2)13-7-8-15-12(9-13)10-17/h7-9,11,14,17H,3-6,10H2,1-2H3. The lowest BCUT2D eigenvalue weighted by molar-refractivity contribution is 0.276. The number of aromatic nitrogens is 1. The van der Waals surface area contributed by atoms with E-state index in [0.717, 1.165) is 11.6 Å². The number of pyridine rings is 1. The van der Waals surface area contributed by atoms with Gasteiger partial charge in [-0.2, -0.15) is 0 Å². The molecule has 0 aromatic carbocycles. The zero-order valence-electron chi connectivity index (χ0n) is 10.8. The van der Waals surface area contributed by atoms with Crippen molar-refractivity contribution in [1.29, 1.82) is 0 Å². The lowest BCUT2D eigenvalue weighted by Crippen LogP contribution is -2.39. The molecule has 2 unspecified atom stereocenters. The summed E-state index contributed by atoms with van der Waals surface area (Å²) in [7, 11) is 2.16. The largest absolute Gasteiger partial charge is 0.390 e. The average molecular weight is 234 g/mol. The van der Waals surface area contributed by atoms with Crippen LogP contribution in [0.25, 0.3) is 0 Å². The lowest BCUT2D eigenvalue weighted by atomic mass is 9.85. The maximum Gasteiger partial charge on any atom is 0.0853 e. The predicted octanol–water partition coefficient (Wildman–Crippen LogP) is 2.59. The second-order valence-corrected chi connectivity index (χ2v) is 5.10. The first-order valence-electron chi connectivity index (χ1n) is 6.51. The Morgan fingerprint density at radius 3 is 2.88 bits per heavy atom. The van der Waals surface area contributed by atoms with Gasteiger partial charge < -0.3 is 10.0 Å². The van der Waals surface area contributed by atoms with E-state index < -0.39 is 0 Å². The highest BCUT2D eigenvalue weighted by Crippen LogP contribution is 2.30. The van der Waals surface area contributed by atoms with E-state index in [2.05, 4.69) is 23.9 Å². The molecule has 1 heterocycles. The summed E-state index contributed by atoms with van der Waals surface area (Å²) in [6.07, 6.45) is 7.08. The van der Waals surface area contributed by atoms with Crippen LogP contribution in [0.4, 0.5) is 5.69 Å². The number of hydrogen-bond donors (Lipinski definition) is 1. The van der Waals surface area contributed by atoms with Crippen molar-refractivity contribution in [3.8, 4) is 0 Å². The molecule has 1 aliphatic carbocycles. The minimum absolute atomic E-state index is 0.0158. The van der Waals surface area contributed by atoms with Crippen LogP contribution in [0.5, 0.6) is 0 Å². The molecule has 2 atom stereocenters. The average Bonchev–Trinajstić information content (AvgIpc) is 2.38. The van der Waals surface area contributed by atoms with E-state index in [-0.39, 0.29) is 6.61 Å². The summed E-state index contributed by atoms with van der Waals surface area (Å²) in [4.78, 5) is 6.48. The predicted molar refractivity (Wildman–Crippen MR) is 70.0 cm³/mol. The molecule has 0 aliphatic heterocycles. The third kappa shape index (κ3) is 2.78. The molecule has 1 aromatic heterocycles. The van der Waals surface area contributed by atoms with Crippen molar-refractivity contribution in [3.05, 3.63) is 24.0 Å². The van der Waals surface area contributed by atoms with Gasteiger partial charge in [-0.1, -0.05) is 19.8 Å². The minimum atomic E-state index is 0.0158. The fraction of sp³-hybridized carbons (Fsp3) is 0.643. The van der Waals surface area contributed by atoms with Crippen molar-refractivity contribution in [3.63, 3.8) is 0 Å². The van der Waals surface area contributed by atoms with Gasteiger partial charge in [-0.25, -0.2) is 0 Å². The molecule has 1 aliphatic rings. The number of aliphatic hydroxyl groups is 1. The molecule has 0 saturated heterocycles. The van der Waals surface area contributed by atoms with Crippen LogP contribution in [-0.4, -0.2) is 23.2 Å². The second kappa shape index (κ2) is 5.50. The molecular formula is C14H22N2O. The first-order valence-corrected chi connectivity index (χ1v) is 6.51. The summed E-state index contributed by atoms with van der Waals surface area (Å²) < 4.78 is 0. The number of hydrogen-bond acceptors (Lipinski definition) is 3. The van der Waals surface area contributed by atoms with Gasteiger partial charge in [0.25, 0.3) is 0 Å². The van der Waals surface area contributed by atoms with Crippen molar-refractivity contribution >= 4 is 5.69 Å². The Morgan fingerprint density at radius 2 is 2.18 bits per heavy atom. The molecule has 1 N–H and O–H groups in total. The van der Waals surface area contributed by atoms with Gasteiger partial charge in [0.15, 0.2) is 0 Å². The van der Waals surface area contributed by atoms with Gasteiger partial charge in [0, 0.05) is 25.0 Å². The Morgan fingerprint density at radius 1 is 1.41 bits per heavy atom. The van der Waals surface area contributed by atoms with Gasteiger partial charge in [0.1, 0.15) is 0 Å². The van der Waals surface area contributed by atoms with Gasteiger partial charge in [-0.15, -0.1) is 0 Å². The van der Waals surface area contributed by atoms with Crippen molar-refractivity contribution in [2.24, 2.45) is 5.92 Å². The summed E-state index contributed by atoms with van der Waals surface area (Å²) in [6, 6.07) is 4.64. The third-order valence-corrected chi connectivity index (χ3v) is 3.93. The van der Waals surface area contributed by atoms with Gasteiger partial charge >= 0.3 is 0 Å². The summed E-state index contributed by atoms with van der Waals surface area (Å²) >= 11 is 0. The first kappa shape index (κ1) is 12.4. The van der Waals surface area contributed by atoms with Crippen molar-refractivity contribution in [2.75, 3.05) is 11.9 Å². The van der Waals surface area contributed by atoms with Crippen LogP contribution >= 0.6 is 0 Å². The van der Waals surface area contributed by atoms with Crippen LogP contribution in [-0.2, 0) is 6.61 Å². The zero-order valence-corrected chi connectivity index (χ0v) is 10.8. The Hall–Kier alpha value is -1.09. The number of nitrogens with zero attached hydrogens (tertiary/aromatic N) is 2. The van der Waals surface area contributed by atoms with E-state index in [9.17, 15) is 0 Å². The Balaban J connectivity index is 2.14. The summed E-state index contributed by atoms with van der Waals surface area (Å²) in [6.45, 7) is 2.36. The van der Waals surface area contributed by atoms with Gasteiger partial charge in [0.2, 0.25) is 0 Å². The SMILES string of the molecule is CC1CCCCC1N(C)c1ccnc(CO)c1. The number of rotatable bonds is 3. The maximum absolute atomic E-state index is 9.13. The Kier molecular flexibility index (Phi) is 4.00. The number of anilines is 1. The summed E-state index contributed by atoms with van der Waals surface area (Å²) in [5, 5.41) is 9.13. The van der Waals surface area contributed by atoms with E-state index in [1.165, 1.54) is 31.4 Å². The quantitative estimate of drug-likeness (QED) is 0.873. The van der Waals surface area contributed by atoms with E-state index in [0.29, 0.717) is 6.04 Å². The van der Waals surface area contributed by atoms with E-state index in [4.69, 9.17) is 5.11 Å². The molecule has 17 heavy (non-hydrogen) atoms. The third-order valence-electron chi connectivity index (χ3n) is 3.93. The fourth-order valence-corrected chi connectivity index (χ4v) is 2.83. The molecule has 1 fully saturated rings. The summed E-state index contributed by atoms with van der Waals surface area (Å²) in [5.74, 6) is 0.750. The van der Waals surface area contributed by atoms with E-state index >= 15 is 0 Å². The summed E-state index contributed by atoms with van der Waals surface area (Å²) in [5.41, 5.74) is 1.92. The van der Waals surface area contributed by atoms with Crippen molar-refractivity contribution in [2.45, 2.75) is 45.3 Å². The smallest absolute Gasteiger partial charge is 0.0853 e. The molecule has 0 radical (unpaired) electrons. The molecule has 3 nitrogen and oxygen atoms in total. The van der Waals surface area contributed by atoms with Gasteiger partial charge in [0.05, 0.1) is 12.3 Å². The maximum atomic E-state index is 9.13. The molecule has 0 bridgehead atoms. The molecule has 1 saturated carbocycles. The van der Waals surface area contributed by atoms with E-state index in [1.807, 2.05) is 12.1 Å². The highest BCUT2D eigenvalue weighted by molar-refractivity contribution is 5.46. The monoisotopic (exact) mass is 234 g/mol. The Bertz CT molecular complexity index is 367. The van der Waals surface area contributed by atoms with Crippen LogP contribution in [0.3, 0.4) is 0 Å². The van der Waals surface area contributed by atoms with Crippen LogP contribution in [0.15, 0.2) is 18.3 Å². The van der Waals surface area contributed by atoms with Crippen LogP contribution in [0.2, 0.25) is 0 Å². The molecular weight excluding hydrogens is 212 g/mol. The minimum Gasteiger partial charge on any atom is -0.390 e. The first-order chi connectivity index (χ1) is 8.22. The zero-order chi connectivity index (χ0) is 12.3. The Labute approximate surface area is 103 Å². The van der Waals surface area contributed by atoms with Crippen LogP contribution in [0, 0.1) is 5.92 Å². The fourth-order valence-electron chi connectivity index (χ4n) is 2.83.